The maximum atomic E-state index is 13.3. The molecule has 0 spiro atoms. The fourth-order valence-corrected chi connectivity index (χ4v) is 3.52. The molecule has 0 unspecified atom stereocenters. The van der Waals surface area contributed by atoms with Gasteiger partial charge in [0.2, 0.25) is 5.88 Å². The molecule has 0 bridgehead atoms. The maximum Gasteiger partial charge on any atom is 0.281 e. The Labute approximate surface area is 202 Å². The van der Waals surface area contributed by atoms with Crippen molar-refractivity contribution in [2.24, 2.45) is 10.2 Å². The lowest BCUT2D eigenvalue weighted by Gasteiger charge is -2.14. The van der Waals surface area contributed by atoms with E-state index in [9.17, 15) is 15.2 Å². The number of aromatic hydroxyl groups is 1. The van der Waals surface area contributed by atoms with Gasteiger partial charge in [-0.05, 0) is 43.2 Å². The molecule has 10 heteroatoms. The van der Waals surface area contributed by atoms with Gasteiger partial charge in [0, 0.05) is 18.2 Å². The van der Waals surface area contributed by atoms with Gasteiger partial charge in [0.1, 0.15) is 28.8 Å². The third-order valence-electron chi connectivity index (χ3n) is 5.48. The zero-order valence-electron chi connectivity index (χ0n) is 20.2. The Balaban J connectivity index is 2.02. The van der Waals surface area contributed by atoms with Crippen LogP contribution in [0.3, 0.4) is 0 Å². The number of ether oxygens (including phenoxy) is 4. The van der Waals surface area contributed by atoms with Crippen LogP contribution >= 0.6 is 0 Å². The minimum absolute atomic E-state index is 0.0523. The molecule has 0 saturated carbocycles. The summed E-state index contributed by atoms with van der Waals surface area (Å²) in [5, 5.41) is 28.6. The molecule has 2 aromatic carbocycles. The van der Waals surface area contributed by atoms with E-state index in [4.69, 9.17) is 18.9 Å². The average molecular weight is 479 g/mol. The lowest BCUT2D eigenvalue weighted by molar-refractivity contribution is 0.354. The van der Waals surface area contributed by atoms with Crippen LogP contribution in [0.5, 0.6) is 28.9 Å². The molecule has 0 fully saturated rings. The van der Waals surface area contributed by atoms with Crippen LogP contribution in [0.25, 0.3) is 0 Å². The van der Waals surface area contributed by atoms with Gasteiger partial charge in [0.15, 0.2) is 17.2 Å². The highest BCUT2D eigenvalue weighted by Gasteiger charge is 2.19. The van der Waals surface area contributed by atoms with Gasteiger partial charge in [-0.2, -0.15) is 5.26 Å². The number of hydrogen-bond donors (Lipinski definition) is 1. The van der Waals surface area contributed by atoms with Gasteiger partial charge in [-0.3, -0.25) is 9.36 Å². The second-order valence-electron chi connectivity index (χ2n) is 7.42. The first-order valence-corrected chi connectivity index (χ1v) is 10.6. The van der Waals surface area contributed by atoms with Crippen molar-refractivity contribution >= 4 is 11.4 Å². The van der Waals surface area contributed by atoms with Crippen molar-refractivity contribution in [3.63, 3.8) is 0 Å². The van der Waals surface area contributed by atoms with Gasteiger partial charge in [0.25, 0.3) is 5.56 Å². The number of benzene rings is 2. The molecular formula is C25H26N4O6. The highest BCUT2D eigenvalue weighted by Crippen LogP contribution is 2.34. The molecule has 0 amide bonds. The summed E-state index contributed by atoms with van der Waals surface area (Å²) < 4.78 is 22.2. The molecule has 1 aromatic heterocycles. The van der Waals surface area contributed by atoms with E-state index >= 15 is 0 Å². The quantitative estimate of drug-likeness (QED) is 0.451. The molecule has 0 aliphatic heterocycles. The molecule has 3 aromatic rings. The van der Waals surface area contributed by atoms with Crippen LogP contribution in [-0.4, -0.2) is 38.1 Å². The van der Waals surface area contributed by atoms with Gasteiger partial charge >= 0.3 is 0 Å². The Hall–Kier alpha value is -4.52. The van der Waals surface area contributed by atoms with Crippen LogP contribution in [0.4, 0.5) is 11.4 Å². The predicted molar refractivity (Wildman–Crippen MR) is 129 cm³/mol. The summed E-state index contributed by atoms with van der Waals surface area (Å²) in [6.07, 6.45) is 0.377. The minimum Gasteiger partial charge on any atom is -0.497 e. The fourth-order valence-electron chi connectivity index (χ4n) is 3.52. The van der Waals surface area contributed by atoms with Crippen LogP contribution < -0.4 is 24.5 Å². The number of methoxy groups -OCH3 is 4. The first-order valence-electron chi connectivity index (χ1n) is 10.6. The first-order chi connectivity index (χ1) is 16.9. The Morgan fingerprint density at radius 3 is 2.26 bits per heavy atom. The van der Waals surface area contributed by atoms with E-state index in [-0.39, 0.29) is 23.4 Å². The molecule has 0 aliphatic carbocycles. The first kappa shape index (κ1) is 25.1. The minimum atomic E-state index is -0.579. The second-order valence-corrected chi connectivity index (χ2v) is 7.42. The number of azo groups is 1. The number of pyridine rings is 1. The molecule has 0 saturated heterocycles. The largest absolute Gasteiger partial charge is 0.497 e. The molecular weight excluding hydrogens is 452 g/mol. The number of nitriles is 1. The molecule has 0 aliphatic rings. The smallest absolute Gasteiger partial charge is 0.281 e. The summed E-state index contributed by atoms with van der Waals surface area (Å²) in [7, 11) is 6.08. The summed E-state index contributed by atoms with van der Waals surface area (Å²) in [5.74, 6) is 1.67. The Morgan fingerprint density at radius 2 is 1.63 bits per heavy atom. The van der Waals surface area contributed by atoms with Crippen LogP contribution in [0, 0.1) is 18.3 Å². The lowest BCUT2D eigenvalue weighted by atomic mass is 10.1. The highest BCUT2D eigenvalue weighted by atomic mass is 16.5. The summed E-state index contributed by atoms with van der Waals surface area (Å²) >= 11 is 0. The van der Waals surface area contributed by atoms with Crippen LogP contribution in [0.15, 0.2) is 51.4 Å². The van der Waals surface area contributed by atoms with Gasteiger partial charge in [-0.15, -0.1) is 10.2 Å². The van der Waals surface area contributed by atoms with Gasteiger partial charge in [0.05, 0.1) is 28.4 Å². The van der Waals surface area contributed by atoms with E-state index in [1.165, 1.54) is 28.3 Å². The molecule has 10 nitrogen and oxygen atoms in total. The summed E-state index contributed by atoms with van der Waals surface area (Å²) in [5.41, 5.74) is 0.722. The van der Waals surface area contributed by atoms with E-state index in [0.29, 0.717) is 35.1 Å². The van der Waals surface area contributed by atoms with Crippen LogP contribution in [0.2, 0.25) is 0 Å². The maximum absolute atomic E-state index is 13.3. The second kappa shape index (κ2) is 11.1. The molecule has 35 heavy (non-hydrogen) atoms. The normalized spacial score (nSPS) is 10.7. The zero-order valence-corrected chi connectivity index (χ0v) is 20.2. The molecule has 1 heterocycles. The van der Waals surface area contributed by atoms with Crippen molar-refractivity contribution in [3.8, 4) is 34.9 Å². The fraction of sp³-hybridized carbons (Fsp3) is 0.280. The van der Waals surface area contributed by atoms with Crippen molar-refractivity contribution in [2.45, 2.75) is 19.9 Å². The molecule has 0 radical (unpaired) electrons. The lowest BCUT2D eigenvalue weighted by Crippen LogP contribution is -2.23. The van der Waals surface area contributed by atoms with E-state index in [1.807, 2.05) is 12.1 Å². The number of aromatic nitrogens is 1. The van der Waals surface area contributed by atoms with Gasteiger partial charge < -0.3 is 24.1 Å². The summed E-state index contributed by atoms with van der Waals surface area (Å²) in [4.78, 5) is 13.3. The van der Waals surface area contributed by atoms with Crippen molar-refractivity contribution in [3.05, 3.63) is 63.4 Å². The van der Waals surface area contributed by atoms with E-state index < -0.39 is 11.4 Å². The van der Waals surface area contributed by atoms with E-state index in [2.05, 4.69) is 10.2 Å². The van der Waals surface area contributed by atoms with E-state index in [1.54, 1.807) is 37.4 Å². The Kier molecular flexibility index (Phi) is 7.94. The molecule has 182 valence electrons. The van der Waals surface area contributed by atoms with Crippen molar-refractivity contribution in [1.29, 1.82) is 5.26 Å². The highest BCUT2D eigenvalue weighted by molar-refractivity contribution is 5.58. The molecule has 0 atom stereocenters. The topological polar surface area (TPSA) is 128 Å². The third kappa shape index (κ3) is 5.19. The number of aryl methyl sites for hydroxylation is 1. The molecule has 1 N–H and O–H groups in total. The Bertz CT molecular complexity index is 1360. The Morgan fingerprint density at radius 1 is 0.943 bits per heavy atom. The zero-order chi connectivity index (χ0) is 25.5. The van der Waals surface area contributed by atoms with Crippen LogP contribution in [0.1, 0.15) is 16.7 Å². The third-order valence-corrected chi connectivity index (χ3v) is 5.48. The summed E-state index contributed by atoms with van der Waals surface area (Å²) in [6.45, 7) is 1.63. The van der Waals surface area contributed by atoms with Crippen molar-refractivity contribution in [2.75, 3.05) is 28.4 Å². The van der Waals surface area contributed by atoms with Gasteiger partial charge in [-0.25, -0.2) is 0 Å². The SMILES string of the molecule is COc1ccc(OC)c(N=Nc2c(C)c(C#N)c(O)n(CCc3ccc(OC)c(OC)c3)c2=O)c1. The number of hydrogen-bond acceptors (Lipinski definition) is 9. The predicted octanol–water partition coefficient (Wildman–Crippen LogP) is 4.43. The molecule has 3 rings (SSSR count). The van der Waals surface area contributed by atoms with Crippen molar-refractivity contribution < 1.29 is 24.1 Å². The monoisotopic (exact) mass is 478 g/mol. The number of rotatable bonds is 9. The standard InChI is InChI=1S/C25H26N4O6/c1-15-18(14-26)24(30)29(11-10-16-6-8-21(34-4)22(12-16)35-5)25(31)23(15)28-27-19-13-17(32-2)7-9-20(19)33-3/h6-9,12-13,30H,10-11H2,1-5H3. The summed E-state index contributed by atoms with van der Waals surface area (Å²) in [6, 6.07) is 12.3. The van der Waals surface area contributed by atoms with Gasteiger partial charge in [-0.1, -0.05) is 6.07 Å². The van der Waals surface area contributed by atoms with Crippen molar-refractivity contribution in [1.82, 2.24) is 4.57 Å². The number of nitrogens with zero attached hydrogens (tertiary/aromatic N) is 4. The van der Waals surface area contributed by atoms with Crippen LogP contribution in [-0.2, 0) is 13.0 Å². The van der Waals surface area contributed by atoms with E-state index in [0.717, 1.165) is 10.1 Å². The average Bonchev–Trinajstić information content (AvgIpc) is 2.88.